The molecule has 1 heterocycles. The summed E-state index contributed by atoms with van der Waals surface area (Å²) in [6, 6.07) is -0.819. The summed E-state index contributed by atoms with van der Waals surface area (Å²) in [6.07, 6.45) is 67.2. The van der Waals surface area contributed by atoms with Gasteiger partial charge in [0.2, 0.25) is 5.91 Å². The zero-order chi connectivity index (χ0) is 55.0. The number of allylic oxidation sites excluding steroid dienone is 3. The number of amides is 1. The van der Waals surface area contributed by atoms with Gasteiger partial charge in [-0.05, 0) is 32.1 Å². The summed E-state index contributed by atoms with van der Waals surface area (Å²) >= 11 is 0. The molecule has 6 N–H and O–H groups in total. The first-order valence-corrected chi connectivity index (χ1v) is 33.6. The predicted octanol–water partition coefficient (Wildman–Crippen LogP) is 17.7. The highest BCUT2D eigenvalue weighted by molar-refractivity contribution is 5.76. The van der Waals surface area contributed by atoms with E-state index in [4.69, 9.17) is 9.47 Å². The van der Waals surface area contributed by atoms with Crippen LogP contribution in [0, 0.1) is 0 Å². The highest BCUT2D eigenvalue weighted by Gasteiger charge is 2.44. The van der Waals surface area contributed by atoms with Crippen molar-refractivity contribution in [2.45, 2.75) is 384 Å². The molecule has 0 aromatic heterocycles. The monoisotopic (exact) mass is 1080 g/mol. The molecule has 1 fully saturated rings. The molecule has 0 bridgehead atoms. The van der Waals surface area contributed by atoms with Crippen LogP contribution in [0.15, 0.2) is 24.3 Å². The van der Waals surface area contributed by atoms with Crippen LogP contribution in [0.5, 0.6) is 0 Å². The number of ether oxygens (including phenoxy) is 2. The van der Waals surface area contributed by atoms with Crippen molar-refractivity contribution in [3.63, 3.8) is 0 Å². The van der Waals surface area contributed by atoms with Crippen molar-refractivity contribution in [3.8, 4) is 0 Å². The van der Waals surface area contributed by atoms with Gasteiger partial charge in [0.1, 0.15) is 24.4 Å². The second-order valence-electron chi connectivity index (χ2n) is 23.6. The van der Waals surface area contributed by atoms with E-state index >= 15 is 0 Å². The Balaban J connectivity index is 2.13. The number of hydrogen-bond donors (Lipinski definition) is 6. The molecular weight excluding hydrogens is 947 g/mol. The van der Waals surface area contributed by atoms with Crippen LogP contribution in [-0.2, 0) is 14.3 Å². The van der Waals surface area contributed by atoms with Crippen LogP contribution in [0.2, 0.25) is 0 Å². The standard InChI is InChI=1S/C67H129NO8/c1-3-5-7-9-11-13-15-17-19-21-23-25-26-27-28-29-30-31-32-33-34-35-37-39-41-43-45-47-49-51-53-55-57-63(71)68-60(59-75-67-66(74)65(73)64(72)62(58-69)76-67)61(70)56-54-52-50-48-46-44-42-40-38-36-24-22-20-18-16-14-12-10-8-6-4-2/h46,48,54,56,60-62,64-67,69-70,72-74H,3-45,47,49-53,55,57-59H2,1-2H3,(H,68,71)/b48-46+,56-54+. The van der Waals surface area contributed by atoms with Crippen molar-refractivity contribution < 1.29 is 39.8 Å². The molecule has 450 valence electrons. The maximum absolute atomic E-state index is 13.1. The topological polar surface area (TPSA) is 149 Å². The summed E-state index contributed by atoms with van der Waals surface area (Å²) in [7, 11) is 0. The van der Waals surface area contributed by atoms with Crippen molar-refractivity contribution in [3.05, 3.63) is 24.3 Å². The average Bonchev–Trinajstić information content (AvgIpc) is 3.42. The molecule has 7 unspecified atom stereocenters. The Kier molecular flexibility index (Phi) is 54.4. The fourth-order valence-corrected chi connectivity index (χ4v) is 11.0. The highest BCUT2D eigenvalue weighted by atomic mass is 16.7. The Bertz CT molecular complexity index is 1250. The Morgan fingerprint density at radius 2 is 0.750 bits per heavy atom. The number of carbonyl (C=O) groups excluding carboxylic acids is 1. The van der Waals surface area contributed by atoms with E-state index in [0.717, 1.165) is 38.5 Å². The Morgan fingerprint density at radius 3 is 1.11 bits per heavy atom. The van der Waals surface area contributed by atoms with Crippen LogP contribution in [0.3, 0.4) is 0 Å². The molecule has 76 heavy (non-hydrogen) atoms. The predicted molar refractivity (Wildman–Crippen MR) is 323 cm³/mol. The van der Waals surface area contributed by atoms with Gasteiger partial charge in [0.25, 0.3) is 0 Å². The molecule has 1 saturated heterocycles. The Hall–Kier alpha value is -1.33. The van der Waals surface area contributed by atoms with Crippen molar-refractivity contribution >= 4 is 5.91 Å². The molecule has 0 aromatic rings. The Morgan fingerprint density at radius 1 is 0.434 bits per heavy atom. The molecule has 1 aliphatic heterocycles. The van der Waals surface area contributed by atoms with Gasteiger partial charge in [-0.15, -0.1) is 0 Å². The van der Waals surface area contributed by atoms with Crippen molar-refractivity contribution in [1.82, 2.24) is 5.32 Å². The third kappa shape index (κ3) is 45.4. The van der Waals surface area contributed by atoms with Crippen LogP contribution in [0.4, 0.5) is 0 Å². The fraction of sp³-hybridized carbons (Fsp3) is 0.925. The van der Waals surface area contributed by atoms with E-state index in [9.17, 15) is 30.3 Å². The molecule has 1 amide bonds. The second-order valence-corrected chi connectivity index (χ2v) is 23.6. The number of unbranched alkanes of at least 4 members (excludes halogenated alkanes) is 47. The summed E-state index contributed by atoms with van der Waals surface area (Å²) in [5, 5.41) is 54.6. The minimum atomic E-state index is -1.57. The van der Waals surface area contributed by atoms with Gasteiger partial charge in [-0.1, -0.05) is 327 Å². The molecule has 1 rings (SSSR count). The smallest absolute Gasteiger partial charge is 0.220 e. The zero-order valence-electron chi connectivity index (χ0n) is 50.3. The number of carbonyl (C=O) groups is 1. The summed E-state index contributed by atoms with van der Waals surface area (Å²) in [6.45, 7) is 3.82. The molecular formula is C67H129NO8. The lowest BCUT2D eigenvalue weighted by atomic mass is 9.99. The lowest BCUT2D eigenvalue weighted by Gasteiger charge is -2.40. The molecule has 0 aromatic carbocycles. The quantitative estimate of drug-likeness (QED) is 0.0261. The van der Waals surface area contributed by atoms with E-state index in [1.54, 1.807) is 6.08 Å². The third-order valence-electron chi connectivity index (χ3n) is 16.3. The van der Waals surface area contributed by atoms with Crippen LogP contribution in [-0.4, -0.2) is 87.5 Å². The molecule has 0 radical (unpaired) electrons. The van der Waals surface area contributed by atoms with Gasteiger partial charge in [-0.25, -0.2) is 0 Å². The van der Waals surface area contributed by atoms with E-state index in [-0.39, 0.29) is 12.5 Å². The first-order valence-electron chi connectivity index (χ1n) is 33.6. The van der Waals surface area contributed by atoms with E-state index in [1.807, 2.05) is 6.08 Å². The molecule has 0 spiro atoms. The summed E-state index contributed by atoms with van der Waals surface area (Å²) in [5.41, 5.74) is 0. The normalized spacial score (nSPS) is 18.9. The lowest BCUT2D eigenvalue weighted by molar-refractivity contribution is -0.302. The van der Waals surface area contributed by atoms with Gasteiger partial charge >= 0.3 is 0 Å². The van der Waals surface area contributed by atoms with Gasteiger partial charge in [-0.2, -0.15) is 0 Å². The molecule has 7 atom stereocenters. The number of aliphatic hydroxyl groups is 5. The van der Waals surface area contributed by atoms with Gasteiger partial charge in [0.05, 0.1) is 25.4 Å². The average molecular weight is 1080 g/mol. The van der Waals surface area contributed by atoms with Crippen LogP contribution < -0.4 is 5.32 Å². The molecule has 9 nitrogen and oxygen atoms in total. The molecule has 9 heteroatoms. The molecule has 1 aliphatic rings. The summed E-state index contributed by atoms with van der Waals surface area (Å²) < 4.78 is 11.3. The van der Waals surface area contributed by atoms with E-state index < -0.39 is 49.5 Å². The number of aliphatic hydroxyl groups excluding tert-OH is 5. The SMILES string of the molecule is CCCCCCCCCCCCCCCCC/C=C/CC/C=C/C(O)C(COC1OC(CO)C(O)C(O)C1O)NC(=O)CCCCCCCCCCCCCCCCCCCCCCCCCCCCCCCCCC. The van der Waals surface area contributed by atoms with Crippen molar-refractivity contribution in [1.29, 1.82) is 0 Å². The summed E-state index contributed by atoms with van der Waals surface area (Å²) in [5.74, 6) is -0.179. The van der Waals surface area contributed by atoms with Gasteiger partial charge in [0.15, 0.2) is 6.29 Å². The zero-order valence-corrected chi connectivity index (χ0v) is 50.3. The number of hydrogen-bond acceptors (Lipinski definition) is 8. The summed E-state index contributed by atoms with van der Waals surface area (Å²) in [4.78, 5) is 13.1. The van der Waals surface area contributed by atoms with Crippen LogP contribution >= 0.6 is 0 Å². The largest absolute Gasteiger partial charge is 0.394 e. The van der Waals surface area contributed by atoms with Crippen molar-refractivity contribution in [2.24, 2.45) is 0 Å². The fourth-order valence-electron chi connectivity index (χ4n) is 11.0. The Labute approximate surface area is 470 Å². The molecule has 0 saturated carbocycles. The van der Waals surface area contributed by atoms with Crippen LogP contribution in [0.1, 0.15) is 341 Å². The first-order chi connectivity index (χ1) is 37.3. The number of rotatable bonds is 59. The first kappa shape index (κ1) is 72.7. The van der Waals surface area contributed by atoms with Crippen molar-refractivity contribution in [2.75, 3.05) is 13.2 Å². The maximum atomic E-state index is 13.1. The van der Waals surface area contributed by atoms with E-state index in [0.29, 0.717) is 6.42 Å². The van der Waals surface area contributed by atoms with E-state index in [1.165, 1.54) is 283 Å². The minimum absolute atomic E-state index is 0.179. The van der Waals surface area contributed by atoms with E-state index in [2.05, 4.69) is 31.3 Å². The van der Waals surface area contributed by atoms with Crippen LogP contribution in [0.25, 0.3) is 0 Å². The third-order valence-corrected chi connectivity index (χ3v) is 16.3. The second kappa shape index (κ2) is 56.9. The highest BCUT2D eigenvalue weighted by Crippen LogP contribution is 2.23. The number of nitrogens with one attached hydrogen (secondary N) is 1. The maximum Gasteiger partial charge on any atom is 0.220 e. The van der Waals surface area contributed by atoms with Gasteiger partial charge < -0.3 is 40.3 Å². The minimum Gasteiger partial charge on any atom is -0.394 e. The lowest BCUT2D eigenvalue weighted by Crippen LogP contribution is -2.60. The van der Waals surface area contributed by atoms with Gasteiger partial charge in [-0.3, -0.25) is 4.79 Å². The molecule has 0 aliphatic carbocycles. The van der Waals surface area contributed by atoms with Gasteiger partial charge in [0, 0.05) is 6.42 Å².